The van der Waals surface area contributed by atoms with Crippen LogP contribution in [0, 0.1) is 0 Å². The summed E-state index contributed by atoms with van der Waals surface area (Å²) in [4.78, 5) is 0. The number of nitrogens with zero attached hydrogens (tertiary/aromatic N) is 2. The predicted molar refractivity (Wildman–Crippen MR) is 38.4 cm³/mol. The molecule has 0 fully saturated rings. The van der Waals surface area contributed by atoms with Crippen LogP contribution in [0.15, 0.2) is 33.9 Å². The van der Waals surface area contributed by atoms with E-state index in [0.717, 1.165) is 4.47 Å². The van der Waals surface area contributed by atoms with Crippen molar-refractivity contribution in [2.24, 2.45) is 5.11 Å². The Morgan fingerprint density at radius 1 is 1.33 bits per heavy atom. The molecule has 0 aliphatic heterocycles. The average Bonchev–Trinajstić information content (AvgIpc) is 1.89. The first kappa shape index (κ1) is 6.42. The molecule has 45 valence electrons. The average molecular weight is 184 g/mol. The molecule has 0 heterocycles. The van der Waals surface area contributed by atoms with Crippen molar-refractivity contribution in [3.63, 3.8) is 0 Å². The highest BCUT2D eigenvalue weighted by Crippen LogP contribution is 2.22. The summed E-state index contributed by atoms with van der Waals surface area (Å²) >= 11 is 3.20. The van der Waals surface area contributed by atoms with Crippen molar-refractivity contribution in [3.05, 3.63) is 28.7 Å². The molecule has 1 aromatic rings. The molecule has 0 spiro atoms. The standard InChI is InChI=1S/C6H4BrN2/c7-5-3-1-2-4-6(5)9-8/h1-4H. The Morgan fingerprint density at radius 3 is 2.44 bits per heavy atom. The number of benzene rings is 1. The molecule has 0 unspecified atom stereocenters. The third-order valence-electron chi connectivity index (χ3n) is 0.960. The molecule has 1 radical (unpaired) electrons. The Morgan fingerprint density at radius 2 is 2.00 bits per heavy atom. The molecule has 0 aliphatic carbocycles. The fourth-order valence-corrected chi connectivity index (χ4v) is 0.897. The lowest BCUT2D eigenvalue weighted by Gasteiger charge is -1.90. The monoisotopic (exact) mass is 183 g/mol. The van der Waals surface area contributed by atoms with Gasteiger partial charge in [0.25, 0.3) is 0 Å². The Balaban J connectivity index is 3.15. The highest BCUT2D eigenvalue weighted by Gasteiger charge is 1.92. The Bertz CT molecular complexity index is 222. The minimum atomic E-state index is 0.553. The van der Waals surface area contributed by atoms with Gasteiger partial charge in [-0.2, -0.15) is 0 Å². The zero-order valence-electron chi connectivity index (χ0n) is 4.58. The summed E-state index contributed by atoms with van der Waals surface area (Å²) < 4.78 is 0.799. The summed E-state index contributed by atoms with van der Waals surface area (Å²) in [6.45, 7) is 0. The van der Waals surface area contributed by atoms with E-state index >= 15 is 0 Å². The maximum absolute atomic E-state index is 8.31. The van der Waals surface area contributed by atoms with E-state index < -0.39 is 0 Å². The molecular formula is C6H4BrN2. The van der Waals surface area contributed by atoms with Crippen LogP contribution >= 0.6 is 15.9 Å². The van der Waals surface area contributed by atoms with Crippen molar-refractivity contribution in [2.75, 3.05) is 0 Å². The Labute approximate surface area is 61.5 Å². The first-order valence-electron chi connectivity index (χ1n) is 2.44. The van der Waals surface area contributed by atoms with Crippen LogP contribution in [0.5, 0.6) is 0 Å². The highest BCUT2D eigenvalue weighted by atomic mass is 79.9. The van der Waals surface area contributed by atoms with Gasteiger partial charge in [-0.1, -0.05) is 12.1 Å². The molecule has 0 amide bonds. The van der Waals surface area contributed by atoms with Gasteiger partial charge in [0.2, 0.25) is 0 Å². The van der Waals surface area contributed by atoms with Crippen LogP contribution in [0.3, 0.4) is 0 Å². The van der Waals surface area contributed by atoms with Crippen LogP contribution in [0.4, 0.5) is 5.69 Å². The fourth-order valence-electron chi connectivity index (χ4n) is 0.533. The van der Waals surface area contributed by atoms with E-state index in [9.17, 15) is 0 Å². The lowest BCUT2D eigenvalue weighted by atomic mass is 10.3. The van der Waals surface area contributed by atoms with Crippen LogP contribution in [-0.4, -0.2) is 0 Å². The molecule has 2 nitrogen and oxygen atoms in total. The van der Waals surface area contributed by atoms with Crippen molar-refractivity contribution in [2.45, 2.75) is 0 Å². The van der Waals surface area contributed by atoms with Gasteiger partial charge >= 0.3 is 0 Å². The summed E-state index contributed by atoms with van der Waals surface area (Å²) in [6, 6.07) is 7.19. The lowest BCUT2D eigenvalue weighted by molar-refractivity contribution is 1.29. The van der Waals surface area contributed by atoms with Gasteiger partial charge in [-0.25, -0.2) is 0 Å². The summed E-state index contributed by atoms with van der Waals surface area (Å²) in [7, 11) is 0. The number of hydrogen-bond donors (Lipinski definition) is 0. The first-order chi connectivity index (χ1) is 4.34. The van der Waals surface area contributed by atoms with Crippen LogP contribution in [0.1, 0.15) is 0 Å². The third-order valence-corrected chi connectivity index (χ3v) is 1.63. The molecule has 0 aliphatic rings. The number of rotatable bonds is 1. The molecule has 0 aromatic heterocycles. The second-order valence-corrected chi connectivity index (χ2v) is 2.41. The second kappa shape index (κ2) is 2.73. The molecule has 1 aromatic carbocycles. The zero-order valence-corrected chi connectivity index (χ0v) is 6.17. The van der Waals surface area contributed by atoms with E-state index in [1.165, 1.54) is 0 Å². The van der Waals surface area contributed by atoms with Crippen molar-refractivity contribution < 1.29 is 0 Å². The van der Waals surface area contributed by atoms with Gasteiger partial charge in [0.15, 0.2) is 0 Å². The molecule has 0 saturated carbocycles. The van der Waals surface area contributed by atoms with Crippen molar-refractivity contribution in [3.8, 4) is 0 Å². The van der Waals surface area contributed by atoms with Crippen LogP contribution in [0.2, 0.25) is 0 Å². The predicted octanol–water partition coefficient (Wildman–Crippen LogP) is 2.33. The van der Waals surface area contributed by atoms with Gasteiger partial charge in [0.05, 0.1) is 0 Å². The third kappa shape index (κ3) is 1.36. The van der Waals surface area contributed by atoms with Crippen LogP contribution in [0.25, 0.3) is 0 Å². The van der Waals surface area contributed by atoms with Crippen molar-refractivity contribution in [1.29, 1.82) is 0 Å². The summed E-state index contributed by atoms with van der Waals surface area (Å²) in [5.41, 5.74) is 8.87. The van der Waals surface area contributed by atoms with Gasteiger partial charge in [-0.3, -0.25) is 0 Å². The van der Waals surface area contributed by atoms with Gasteiger partial charge in [0.1, 0.15) is 5.69 Å². The van der Waals surface area contributed by atoms with E-state index in [4.69, 9.17) is 5.53 Å². The lowest BCUT2D eigenvalue weighted by Crippen LogP contribution is -1.64. The van der Waals surface area contributed by atoms with Gasteiger partial charge < -0.3 is 0 Å². The van der Waals surface area contributed by atoms with E-state index in [1.807, 2.05) is 12.1 Å². The topological polar surface area (TPSA) is 34.7 Å². The smallest absolute Gasteiger partial charge is 0.102 e. The summed E-state index contributed by atoms with van der Waals surface area (Å²) in [5.74, 6) is 0. The number of hydrogen-bond acceptors (Lipinski definition) is 1. The molecule has 1 rings (SSSR count). The van der Waals surface area contributed by atoms with E-state index in [-0.39, 0.29) is 0 Å². The molecule has 9 heavy (non-hydrogen) atoms. The van der Waals surface area contributed by atoms with E-state index in [1.54, 1.807) is 12.1 Å². The fraction of sp³-hybridized carbons (Fsp3) is 0. The summed E-state index contributed by atoms with van der Waals surface area (Å²) in [6.07, 6.45) is 0. The molecule has 0 N–H and O–H groups in total. The highest BCUT2D eigenvalue weighted by molar-refractivity contribution is 9.10. The quantitative estimate of drug-likeness (QED) is 0.600. The van der Waals surface area contributed by atoms with Crippen molar-refractivity contribution in [1.82, 2.24) is 5.53 Å². The molecule has 0 bridgehead atoms. The van der Waals surface area contributed by atoms with Gasteiger partial charge in [-0.05, 0) is 33.6 Å². The summed E-state index contributed by atoms with van der Waals surface area (Å²) in [5, 5.41) is 3.02. The Hall–Kier alpha value is -0.700. The van der Waals surface area contributed by atoms with E-state index in [0.29, 0.717) is 5.69 Å². The minimum absolute atomic E-state index is 0.553. The maximum Gasteiger partial charge on any atom is 0.102 e. The SMILES string of the molecule is [N]=Nc1ccccc1Br. The molecular weight excluding hydrogens is 180 g/mol. The van der Waals surface area contributed by atoms with Crippen LogP contribution in [-0.2, 0) is 0 Å². The van der Waals surface area contributed by atoms with Gasteiger partial charge in [-0.15, -0.1) is 5.11 Å². The van der Waals surface area contributed by atoms with Crippen molar-refractivity contribution >= 4 is 21.6 Å². The number of halogens is 1. The first-order valence-corrected chi connectivity index (χ1v) is 3.23. The van der Waals surface area contributed by atoms with Crippen LogP contribution < -0.4 is 5.53 Å². The zero-order chi connectivity index (χ0) is 6.69. The van der Waals surface area contributed by atoms with E-state index in [2.05, 4.69) is 21.0 Å². The Kier molecular flexibility index (Phi) is 1.95. The molecule has 0 atom stereocenters. The molecule has 0 saturated heterocycles. The molecule has 3 heteroatoms. The maximum atomic E-state index is 8.31. The normalized spacial score (nSPS) is 9.00. The largest absolute Gasteiger partial charge is 0.128 e. The van der Waals surface area contributed by atoms with Gasteiger partial charge in [0, 0.05) is 4.47 Å². The second-order valence-electron chi connectivity index (χ2n) is 1.55. The minimum Gasteiger partial charge on any atom is -0.128 e.